The standard InChI is InChI=1S/C66H119N11O12S/c1-24-50(62(85)71(17)38-55(80)72(18)49(39-79)34-41(4)5)70-60(83)53(37-46(14)28-25-26-32-90-33-27-31-78)75(21)66(89)57(45(12)13)77(23)63(86)51(30-29-40(2)3)73(19)64(87)54(36-43(8)9)76(22)61(84)48(16)69-58(81)47(15)68-59(82)52(35-42(6)7)74(20)65(88)56(67)44(10)11/h25-26,31,39-54,56-57H,24,27-30,32-38,67H2,1-23H3,(H,68,82)(H,69,81)(H,70,83)/b26-25+/t46-,47+,48+,49+,50+,51+,52+,53?,54?,56+,57+/m1/s1. The minimum absolute atomic E-state index is 0.00618. The Balaban J connectivity index is 7.17. The van der Waals surface area contributed by atoms with Crippen LogP contribution in [0.5, 0.6) is 0 Å². The first-order chi connectivity index (χ1) is 41.7. The van der Waals surface area contributed by atoms with Gasteiger partial charge in [0, 0.05) is 67.3 Å². The van der Waals surface area contributed by atoms with Gasteiger partial charge in [-0.15, -0.1) is 0 Å². The number of hydrogen-bond acceptors (Lipinski definition) is 14. The summed E-state index contributed by atoms with van der Waals surface area (Å²) in [6, 6.07) is -10.4. The van der Waals surface area contributed by atoms with E-state index < -0.39 is 125 Å². The summed E-state index contributed by atoms with van der Waals surface area (Å²) in [7, 11) is 10.4. The second-order valence-electron chi connectivity index (χ2n) is 27.0. The Labute approximate surface area is 544 Å². The monoisotopic (exact) mass is 1290 g/mol. The van der Waals surface area contributed by atoms with Crippen molar-refractivity contribution in [2.45, 2.75) is 229 Å². The molecular formula is C66H119N11O12S. The molecule has 0 aromatic heterocycles. The minimum atomic E-state index is -1.18. The topological polar surface area (TPSA) is 290 Å². The highest BCUT2D eigenvalue weighted by molar-refractivity contribution is 7.99. The van der Waals surface area contributed by atoms with Crippen molar-refractivity contribution in [3.05, 3.63) is 12.2 Å². The van der Waals surface area contributed by atoms with Crippen LogP contribution in [-0.4, -0.2) is 234 Å². The molecule has 23 nitrogen and oxygen atoms in total. The number of rotatable bonds is 42. The van der Waals surface area contributed by atoms with Gasteiger partial charge >= 0.3 is 0 Å². The molecule has 0 aliphatic carbocycles. The van der Waals surface area contributed by atoms with Gasteiger partial charge in [-0.05, 0) is 107 Å². The minimum Gasteiger partial charge on any atom is -0.343 e. The summed E-state index contributed by atoms with van der Waals surface area (Å²) < 4.78 is 0. The molecule has 24 heteroatoms. The lowest BCUT2D eigenvalue weighted by Crippen LogP contribution is -2.61. The lowest BCUT2D eigenvalue weighted by atomic mass is 9.94. The highest BCUT2D eigenvalue weighted by atomic mass is 32.2. The van der Waals surface area contributed by atoms with Crippen LogP contribution >= 0.6 is 11.8 Å². The zero-order chi connectivity index (χ0) is 69.8. The van der Waals surface area contributed by atoms with E-state index >= 15 is 14.4 Å². The molecule has 0 heterocycles. The van der Waals surface area contributed by atoms with E-state index in [4.69, 9.17) is 5.73 Å². The first kappa shape index (κ1) is 84.1. The molecule has 0 aromatic rings. The molecule has 5 N–H and O–H groups in total. The van der Waals surface area contributed by atoms with Crippen molar-refractivity contribution in [3.63, 3.8) is 0 Å². The Bertz CT molecular complexity index is 2370. The van der Waals surface area contributed by atoms with E-state index in [1.807, 2.05) is 74.5 Å². The van der Waals surface area contributed by atoms with E-state index in [1.165, 1.54) is 97.5 Å². The van der Waals surface area contributed by atoms with Gasteiger partial charge in [0.1, 0.15) is 60.9 Å². The molecule has 0 bridgehead atoms. The molecule has 516 valence electrons. The molecule has 2 unspecified atom stereocenters. The number of allylic oxidation sites excluding steroid dienone is 1. The number of amides is 10. The van der Waals surface area contributed by atoms with Crippen molar-refractivity contribution >= 4 is 83.4 Å². The number of aldehydes is 2. The van der Waals surface area contributed by atoms with Crippen molar-refractivity contribution < 1.29 is 57.5 Å². The quantitative estimate of drug-likeness (QED) is 0.0355. The number of nitrogens with zero attached hydrogens (tertiary/aromatic N) is 7. The summed E-state index contributed by atoms with van der Waals surface area (Å²) in [4.78, 5) is 174. The Morgan fingerprint density at radius 3 is 1.47 bits per heavy atom. The average Bonchev–Trinajstić information content (AvgIpc) is 0.868. The maximum atomic E-state index is 15.3. The molecule has 90 heavy (non-hydrogen) atoms. The van der Waals surface area contributed by atoms with Gasteiger partial charge in [-0.25, -0.2) is 0 Å². The normalized spacial score (nSPS) is 15.4. The van der Waals surface area contributed by atoms with Gasteiger partial charge in [0.05, 0.1) is 18.6 Å². The molecule has 10 amide bonds. The molecule has 0 rings (SSSR count). The van der Waals surface area contributed by atoms with Crippen molar-refractivity contribution in [2.24, 2.45) is 47.2 Å². The fourth-order valence-electron chi connectivity index (χ4n) is 10.5. The number of hydrogen-bond donors (Lipinski definition) is 4. The van der Waals surface area contributed by atoms with E-state index in [0.29, 0.717) is 49.9 Å². The fourth-order valence-corrected chi connectivity index (χ4v) is 11.2. The van der Waals surface area contributed by atoms with Crippen LogP contribution in [0.1, 0.15) is 169 Å². The van der Waals surface area contributed by atoms with Crippen LogP contribution in [0, 0.1) is 41.4 Å². The summed E-state index contributed by atoms with van der Waals surface area (Å²) in [5, 5.41) is 8.25. The second kappa shape index (κ2) is 41.5. The zero-order valence-electron chi connectivity index (χ0n) is 59.1. The molecule has 0 spiro atoms. The SMILES string of the molecule is CC[C@H](NC(=O)C(C[C@H](C)C/C=C/CSCCC=O)N(C)C(=O)[C@H](C(C)C)N(C)C(=O)[C@H](CCC(C)C)N(C)C(=O)C(CC(C)C)N(C)C(=O)[C@H](C)NC(=O)[C@H](C)NC(=O)[C@H](CC(C)C)N(C)C(=O)[C@@H](N)C(C)C)C(=O)N(C)CC(=O)N(C)[C@H](C=O)CC(C)C. The number of nitrogens with one attached hydrogen (secondary N) is 3. The molecule has 0 aliphatic heterocycles. The lowest BCUT2D eigenvalue weighted by Gasteiger charge is -2.40. The maximum absolute atomic E-state index is 15.3. The van der Waals surface area contributed by atoms with E-state index in [2.05, 4.69) is 16.0 Å². The van der Waals surface area contributed by atoms with Gasteiger partial charge in [0.15, 0.2) is 0 Å². The summed E-state index contributed by atoms with van der Waals surface area (Å²) in [5.41, 5.74) is 6.16. The van der Waals surface area contributed by atoms with Crippen LogP contribution in [0.2, 0.25) is 0 Å². The fraction of sp³-hybridized carbons (Fsp3) is 0.788. The van der Waals surface area contributed by atoms with Gasteiger partial charge in [-0.2, -0.15) is 11.8 Å². The van der Waals surface area contributed by atoms with Crippen molar-refractivity contribution in [3.8, 4) is 0 Å². The van der Waals surface area contributed by atoms with Crippen molar-refractivity contribution in [1.29, 1.82) is 0 Å². The van der Waals surface area contributed by atoms with Crippen molar-refractivity contribution in [2.75, 3.05) is 67.4 Å². The van der Waals surface area contributed by atoms with E-state index in [-0.39, 0.29) is 67.7 Å². The summed E-state index contributed by atoms with van der Waals surface area (Å²) in [5.74, 6) is -5.03. The number of thioether (sulfide) groups is 1. The van der Waals surface area contributed by atoms with Gasteiger partial charge < -0.3 is 65.6 Å². The third-order valence-corrected chi connectivity index (χ3v) is 17.4. The number of carbonyl (C=O) groups is 12. The predicted octanol–water partition coefficient (Wildman–Crippen LogP) is 5.02. The number of likely N-dealkylation sites (N-methyl/N-ethyl adjacent to an activating group) is 7. The molecule has 0 aromatic carbocycles. The Morgan fingerprint density at radius 2 is 0.967 bits per heavy atom. The smallest absolute Gasteiger partial charge is 0.246 e. The van der Waals surface area contributed by atoms with E-state index in [0.717, 1.165) is 6.29 Å². The maximum Gasteiger partial charge on any atom is 0.246 e. The average molecular weight is 1290 g/mol. The Hall–Kier alpha value is -5.91. The first-order valence-corrected chi connectivity index (χ1v) is 33.5. The summed E-state index contributed by atoms with van der Waals surface area (Å²) in [6.45, 7) is 28.8. The molecule has 0 fully saturated rings. The molecule has 0 saturated heterocycles. The third kappa shape index (κ3) is 27.5. The van der Waals surface area contributed by atoms with Gasteiger partial charge in [-0.1, -0.05) is 109 Å². The van der Waals surface area contributed by atoms with Crippen LogP contribution < -0.4 is 21.7 Å². The van der Waals surface area contributed by atoms with Gasteiger partial charge in [-0.3, -0.25) is 47.9 Å². The molecule has 11 atom stereocenters. The van der Waals surface area contributed by atoms with Crippen molar-refractivity contribution in [1.82, 2.24) is 50.2 Å². The predicted molar refractivity (Wildman–Crippen MR) is 356 cm³/mol. The van der Waals surface area contributed by atoms with Gasteiger partial charge in [0.25, 0.3) is 0 Å². The second-order valence-corrected chi connectivity index (χ2v) is 28.2. The summed E-state index contributed by atoms with van der Waals surface area (Å²) >= 11 is 1.60. The summed E-state index contributed by atoms with van der Waals surface area (Å²) in [6.07, 6.45) is 8.41. The lowest BCUT2D eigenvalue weighted by molar-refractivity contribution is -0.156. The Kier molecular flexibility index (Phi) is 38.8. The number of carbonyl (C=O) groups excluding carboxylic acids is 12. The van der Waals surface area contributed by atoms with Gasteiger partial charge in [0.2, 0.25) is 59.1 Å². The van der Waals surface area contributed by atoms with Crippen LogP contribution in [0.25, 0.3) is 0 Å². The van der Waals surface area contributed by atoms with Crippen LogP contribution in [0.4, 0.5) is 0 Å². The molecule has 0 aliphatic rings. The largest absolute Gasteiger partial charge is 0.343 e. The van der Waals surface area contributed by atoms with Crippen LogP contribution in [-0.2, 0) is 57.5 Å². The number of nitrogens with two attached hydrogens (primary N) is 1. The molecule has 0 saturated carbocycles. The van der Waals surface area contributed by atoms with Crippen LogP contribution in [0.15, 0.2) is 12.2 Å². The molecular weight excluding hydrogens is 1170 g/mol. The van der Waals surface area contributed by atoms with E-state index in [9.17, 15) is 43.2 Å². The molecule has 0 radical (unpaired) electrons. The zero-order valence-corrected chi connectivity index (χ0v) is 59.9. The first-order valence-electron chi connectivity index (χ1n) is 32.4. The Morgan fingerprint density at radius 1 is 0.478 bits per heavy atom. The highest BCUT2D eigenvalue weighted by Gasteiger charge is 2.43. The highest BCUT2D eigenvalue weighted by Crippen LogP contribution is 2.25. The third-order valence-electron chi connectivity index (χ3n) is 16.4. The van der Waals surface area contributed by atoms with E-state index in [1.54, 1.807) is 46.4 Å². The van der Waals surface area contributed by atoms with Crippen LogP contribution in [0.3, 0.4) is 0 Å².